The van der Waals surface area contributed by atoms with Crippen molar-refractivity contribution in [1.29, 1.82) is 0 Å². The van der Waals surface area contributed by atoms with E-state index >= 15 is 0 Å². The van der Waals surface area contributed by atoms with Gasteiger partial charge in [-0.15, -0.1) is 0 Å². The van der Waals surface area contributed by atoms with Gasteiger partial charge in [0.2, 0.25) is 0 Å². The van der Waals surface area contributed by atoms with Gasteiger partial charge in [0, 0.05) is 17.1 Å². The molecule has 0 unspecified atom stereocenters. The van der Waals surface area contributed by atoms with Crippen LogP contribution in [0.3, 0.4) is 0 Å². The number of nitrogens with two attached hydrogens (primary N) is 1. The first-order valence-electron chi connectivity index (χ1n) is 4.06. The molecule has 2 heterocycles. The second-order valence-electron chi connectivity index (χ2n) is 2.78. The Kier molecular flexibility index (Phi) is 2.28. The third-order valence-electron chi connectivity index (χ3n) is 1.87. The summed E-state index contributed by atoms with van der Waals surface area (Å²) in [6, 6.07) is 5.30. The van der Waals surface area contributed by atoms with E-state index in [1.54, 1.807) is 29.7 Å². The number of hydrogen-bond donors (Lipinski definition) is 1. The monoisotopic (exact) mass is 204 g/mol. The SMILES string of the molecule is NC(=O)c1cccnc1-c1ccsc1. The van der Waals surface area contributed by atoms with Gasteiger partial charge in [0.1, 0.15) is 0 Å². The van der Waals surface area contributed by atoms with Gasteiger partial charge in [0.15, 0.2) is 0 Å². The van der Waals surface area contributed by atoms with Crippen molar-refractivity contribution in [3.63, 3.8) is 0 Å². The number of rotatable bonds is 2. The Balaban J connectivity index is 2.58. The molecule has 0 bridgehead atoms. The number of hydrogen-bond acceptors (Lipinski definition) is 3. The second kappa shape index (κ2) is 3.59. The van der Waals surface area contributed by atoms with Gasteiger partial charge in [-0.05, 0) is 23.6 Å². The maximum Gasteiger partial charge on any atom is 0.250 e. The number of aromatic nitrogens is 1. The van der Waals surface area contributed by atoms with Crippen molar-refractivity contribution in [2.45, 2.75) is 0 Å². The first-order chi connectivity index (χ1) is 6.79. The lowest BCUT2D eigenvalue weighted by Crippen LogP contribution is -2.12. The minimum atomic E-state index is -0.445. The number of carbonyl (C=O) groups is 1. The summed E-state index contributed by atoms with van der Waals surface area (Å²) >= 11 is 1.56. The zero-order chi connectivity index (χ0) is 9.97. The molecule has 3 nitrogen and oxygen atoms in total. The molecule has 0 spiro atoms. The highest BCUT2D eigenvalue weighted by molar-refractivity contribution is 7.08. The van der Waals surface area contributed by atoms with Crippen LogP contribution in [0.2, 0.25) is 0 Å². The van der Waals surface area contributed by atoms with Gasteiger partial charge in [-0.1, -0.05) is 0 Å². The van der Waals surface area contributed by atoms with Gasteiger partial charge in [-0.25, -0.2) is 0 Å². The number of carbonyl (C=O) groups excluding carboxylic acids is 1. The van der Waals surface area contributed by atoms with Crippen molar-refractivity contribution in [3.05, 3.63) is 40.7 Å². The third-order valence-corrected chi connectivity index (χ3v) is 2.55. The molecule has 2 aromatic rings. The van der Waals surface area contributed by atoms with Crippen LogP contribution in [0.4, 0.5) is 0 Å². The van der Waals surface area contributed by atoms with E-state index in [0.717, 1.165) is 5.56 Å². The van der Waals surface area contributed by atoms with Crippen molar-refractivity contribution >= 4 is 17.2 Å². The van der Waals surface area contributed by atoms with E-state index in [4.69, 9.17) is 5.73 Å². The Labute approximate surface area is 85.2 Å². The van der Waals surface area contributed by atoms with Crippen molar-refractivity contribution in [2.24, 2.45) is 5.73 Å². The smallest absolute Gasteiger partial charge is 0.250 e. The summed E-state index contributed by atoms with van der Waals surface area (Å²) in [5.74, 6) is -0.445. The molecular weight excluding hydrogens is 196 g/mol. The van der Waals surface area contributed by atoms with E-state index < -0.39 is 5.91 Å². The van der Waals surface area contributed by atoms with E-state index in [2.05, 4.69) is 4.98 Å². The summed E-state index contributed by atoms with van der Waals surface area (Å²) in [6.07, 6.45) is 1.65. The first-order valence-corrected chi connectivity index (χ1v) is 5.00. The number of thiophene rings is 1. The van der Waals surface area contributed by atoms with Gasteiger partial charge >= 0.3 is 0 Å². The zero-order valence-electron chi connectivity index (χ0n) is 7.31. The largest absolute Gasteiger partial charge is 0.366 e. The maximum atomic E-state index is 11.1. The predicted molar refractivity (Wildman–Crippen MR) is 56.1 cm³/mol. The highest BCUT2D eigenvalue weighted by atomic mass is 32.1. The number of pyridine rings is 1. The lowest BCUT2D eigenvalue weighted by Gasteiger charge is -2.01. The molecule has 0 aromatic carbocycles. The van der Waals surface area contributed by atoms with Gasteiger partial charge in [-0.3, -0.25) is 9.78 Å². The Hall–Kier alpha value is -1.68. The van der Waals surface area contributed by atoms with E-state index in [0.29, 0.717) is 11.3 Å². The van der Waals surface area contributed by atoms with Crippen LogP contribution in [0.5, 0.6) is 0 Å². The highest BCUT2D eigenvalue weighted by Crippen LogP contribution is 2.22. The quantitative estimate of drug-likeness (QED) is 0.812. The summed E-state index contributed by atoms with van der Waals surface area (Å²) in [4.78, 5) is 15.3. The van der Waals surface area contributed by atoms with Crippen LogP contribution < -0.4 is 5.73 Å². The summed E-state index contributed by atoms with van der Waals surface area (Å²) in [6.45, 7) is 0. The van der Waals surface area contributed by atoms with Crippen LogP contribution in [-0.4, -0.2) is 10.9 Å². The highest BCUT2D eigenvalue weighted by Gasteiger charge is 2.10. The third kappa shape index (κ3) is 1.52. The maximum absolute atomic E-state index is 11.1. The molecule has 70 valence electrons. The van der Waals surface area contributed by atoms with E-state index in [1.165, 1.54) is 0 Å². The molecule has 0 fully saturated rings. The molecule has 0 saturated heterocycles. The van der Waals surface area contributed by atoms with Crippen LogP contribution in [0.15, 0.2) is 35.2 Å². The van der Waals surface area contributed by atoms with E-state index in [-0.39, 0.29) is 0 Å². The summed E-state index contributed by atoms with van der Waals surface area (Å²) in [5.41, 5.74) is 7.30. The number of nitrogens with zero attached hydrogens (tertiary/aromatic N) is 1. The van der Waals surface area contributed by atoms with Crippen molar-refractivity contribution < 1.29 is 4.79 Å². The predicted octanol–water partition coefficient (Wildman–Crippen LogP) is 1.91. The molecule has 4 heteroatoms. The summed E-state index contributed by atoms with van der Waals surface area (Å²) in [5, 5.41) is 3.88. The minimum Gasteiger partial charge on any atom is -0.366 e. The molecule has 2 aromatic heterocycles. The lowest BCUT2D eigenvalue weighted by molar-refractivity contribution is 0.100. The Morgan fingerprint density at radius 1 is 1.43 bits per heavy atom. The molecule has 0 aliphatic carbocycles. The van der Waals surface area contributed by atoms with Gasteiger partial charge in [0.25, 0.3) is 5.91 Å². The van der Waals surface area contributed by atoms with Gasteiger partial charge in [0.05, 0.1) is 11.3 Å². The Morgan fingerprint density at radius 3 is 2.93 bits per heavy atom. The molecule has 1 amide bonds. The summed E-state index contributed by atoms with van der Waals surface area (Å²) in [7, 11) is 0. The van der Waals surface area contributed by atoms with Crippen LogP contribution in [0.25, 0.3) is 11.3 Å². The average molecular weight is 204 g/mol. The normalized spacial score (nSPS) is 10.0. The molecule has 2 N–H and O–H groups in total. The molecule has 0 aliphatic rings. The van der Waals surface area contributed by atoms with Gasteiger partial charge < -0.3 is 5.73 Å². The zero-order valence-corrected chi connectivity index (χ0v) is 8.12. The van der Waals surface area contributed by atoms with Crippen LogP contribution >= 0.6 is 11.3 Å². The fraction of sp³-hybridized carbons (Fsp3) is 0. The van der Waals surface area contributed by atoms with Crippen LogP contribution in [-0.2, 0) is 0 Å². The van der Waals surface area contributed by atoms with Crippen molar-refractivity contribution in [3.8, 4) is 11.3 Å². The first kappa shape index (κ1) is 8.90. The van der Waals surface area contributed by atoms with Crippen LogP contribution in [0.1, 0.15) is 10.4 Å². The molecule has 0 aliphatic heterocycles. The second-order valence-corrected chi connectivity index (χ2v) is 3.56. The average Bonchev–Trinajstić information content (AvgIpc) is 2.70. The fourth-order valence-corrected chi connectivity index (χ4v) is 1.87. The molecule has 0 radical (unpaired) electrons. The van der Waals surface area contributed by atoms with Crippen LogP contribution in [0, 0.1) is 0 Å². The topological polar surface area (TPSA) is 56.0 Å². The Morgan fingerprint density at radius 2 is 2.29 bits per heavy atom. The van der Waals surface area contributed by atoms with Crippen molar-refractivity contribution in [1.82, 2.24) is 4.98 Å². The molecule has 0 saturated carbocycles. The molecular formula is C10H8N2OS. The number of amides is 1. The molecule has 0 atom stereocenters. The standard InChI is InChI=1S/C10H8N2OS/c11-10(13)8-2-1-4-12-9(8)7-3-5-14-6-7/h1-6H,(H2,11,13). The molecule has 14 heavy (non-hydrogen) atoms. The lowest BCUT2D eigenvalue weighted by atomic mass is 10.1. The van der Waals surface area contributed by atoms with Gasteiger partial charge in [-0.2, -0.15) is 11.3 Å². The van der Waals surface area contributed by atoms with Crippen molar-refractivity contribution in [2.75, 3.05) is 0 Å². The summed E-state index contributed by atoms with van der Waals surface area (Å²) < 4.78 is 0. The van der Waals surface area contributed by atoms with E-state index in [9.17, 15) is 4.79 Å². The number of primary amides is 1. The molecule has 2 rings (SSSR count). The minimum absolute atomic E-state index is 0.445. The van der Waals surface area contributed by atoms with E-state index in [1.807, 2.05) is 16.8 Å². The Bertz CT molecular complexity index is 451. The fourth-order valence-electron chi connectivity index (χ4n) is 1.23.